The van der Waals surface area contributed by atoms with Crippen molar-refractivity contribution in [2.24, 2.45) is 0 Å². The molecule has 0 spiro atoms. The van der Waals surface area contributed by atoms with Gasteiger partial charge in [0.15, 0.2) is 6.61 Å². The van der Waals surface area contributed by atoms with Gasteiger partial charge in [0.2, 0.25) is 5.91 Å². The van der Waals surface area contributed by atoms with Crippen LogP contribution in [-0.2, 0) is 14.3 Å². The second kappa shape index (κ2) is 5.50. The van der Waals surface area contributed by atoms with Crippen LogP contribution in [0.3, 0.4) is 0 Å². The number of carbonyl (C=O) groups is 2. The Balaban J connectivity index is 1.52. The number of para-hydroxylation sites is 1. The van der Waals surface area contributed by atoms with E-state index >= 15 is 0 Å². The highest BCUT2D eigenvalue weighted by atomic mass is 16.5. The number of amides is 2. The first-order valence-electron chi connectivity index (χ1n) is 6.59. The maximum absolute atomic E-state index is 12.1. The van der Waals surface area contributed by atoms with Gasteiger partial charge < -0.3 is 19.7 Å². The maximum atomic E-state index is 12.1. The molecule has 2 heterocycles. The smallest absolute Gasteiger partial charge is 0.260 e. The van der Waals surface area contributed by atoms with Gasteiger partial charge in [-0.25, -0.2) is 0 Å². The molecule has 2 fully saturated rings. The minimum absolute atomic E-state index is 0.00258. The maximum Gasteiger partial charge on any atom is 0.260 e. The fourth-order valence-electron chi connectivity index (χ4n) is 2.47. The van der Waals surface area contributed by atoms with E-state index in [-0.39, 0.29) is 37.2 Å². The number of benzene rings is 1. The van der Waals surface area contributed by atoms with Crippen LogP contribution in [0.25, 0.3) is 0 Å². The normalized spacial score (nSPS) is 25.0. The summed E-state index contributed by atoms with van der Waals surface area (Å²) in [6.07, 6.45) is -0.103. The van der Waals surface area contributed by atoms with Gasteiger partial charge in [-0.05, 0) is 12.1 Å². The fourth-order valence-corrected chi connectivity index (χ4v) is 2.47. The average Bonchev–Trinajstić information content (AvgIpc) is 2.89. The monoisotopic (exact) mass is 276 g/mol. The van der Waals surface area contributed by atoms with Crippen LogP contribution in [0.5, 0.6) is 5.75 Å². The SMILES string of the molecule is O=C1CO[C@H]2CN(C(=O)COc3ccccc3)C[C@@H]2N1. The molecule has 0 aliphatic carbocycles. The van der Waals surface area contributed by atoms with Crippen molar-refractivity contribution in [3.8, 4) is 5.75 Å². The first-order valence-corrected chi connectivity index (χ1v) is 6.59. The highest BCUT2D eigenvalue weighted by Gasteiger charge is 2.39. The van der Waals surface area contributed by atoms with Crippen LogP contribution < -0.4 is 10.1 Å². The molecule has 2 aliphatic rings. The number of carbonyl (C=O) groups excluding carboxylic acids is 2. The fraction of sp³-hybridized carbons (Fsp3) is 0.429. The van der Waals surface area contributed by atoms with Crippen LogP contribution >= 0.6 is 0 Å². The predicted octanol–water partition coefficient (Wildman–Crippen LogP) is -0.209. The van der Waals surface area contributed by atoms with E-state index in [0.29, 0.717) is 18.8 Å². The molecular weight excluding hydrogens is 260 g/mol. The van der Waals surface area contributed by atoms with Gasteiger partial charge in [0.1, 0.15) is 12.4 Å². The van der Waals surface area contributed by atoms with E-state index in [9.17, 15) is 9.59 Å². The van der Waals surface area contributed by atoms with Crippen LogP contribution in [-0.4, -0.2) is 55.2 Å². The van der Waals surface area contributed by atoms with Crippen molar-refractivity contribution in [3.63, 3.8) is 0 Å². The Morgan fingerprint density at radius 2 is 2.15 bits per heavy atom. The molecule has 0 unspecified atom stereocenters. The molecule has 6 heteroatoms. The molecule has 1 N–H and O–H groups in total. The third-order valence-corrected chi connectivity index (χ3v) is 3.50. The summed E-state index contributed by atoms with van der Waals surface area (Å²) in [6, 6.07) is 9.11. The standard InChI is InChI=1S/C14H16N2O4/c17-13-8-20-12-7-16(6-11(12)15-13)14(18)9-19-10-4-2-1-3-5-10/h1-5,11-12H,6-9H2,(H,15,17)/t11-,12-/m0/s1. The second-order valence-corrected chi connectivity index (χ2v) is 4.92. The Bertz CT molecular complexity index is 505. The number of ether oxygens (including phenoxy) is 2. The molecule has 2 aliphatic heterocycles. The van der Waals surface area contributed by atoms with Gasteiger partial charge in [0, 0.05) is 13.1 Å². The molecule has 106 valence electrons. The van der Waals surface area contributed by atoms with E-state index in [1.807, 2.05) is 18.2 Å². The van der Waals surface area contributed by atoms with E-state index in [1.54, 1.807) is 17.0 Å². The van der Waals surface area contributed by atoms with Crippen molar-refractivity contribution >= 4 is 11.8 Å². The van der Waals surface area contributed by atoms with Gasteiger partial charge >= 0.3 is 0 Å². The molecule has 0 radical (unpaired) electrons. The highest BCUT2D eigenvalue weighted by molar-refractivity contribution is 5.80. The third-order valence-electron chi connectivity index (χ3n) is 3.50. The van der Waals surface area contributed by atoms with Crippen molar-refractivity contribution in [2.75, 3.05) is 26.3 Å². The zero-order valence-corrected chi connectivity index (χ0v) is 11.0. The molecule has 2 amide bonds. The van der Waals surface area contributed by atoms with Crippen LogP contribution in [0.2, 0.25) is 0 Å². The molecule has 6 nitrogen and oxygen atoms in total. The van der Waals surface area contributed by atoms with E-state index in [1.165, 1.54) is 0 Å². The van der Waals surface area contributed by atoms with Gasteiger partial charge in [-0.2, -0.15) is 0 Å². The molecule has 3 rings (SSSR count). The lowest BCUT2D eigenvalue weighted by atomic mass is 10.2. The van der Waals surface area contributed by atoms with E-state index in [0.717, 1.165) is 0 Å². The minimum Gasteiger partial charge on any atom is -0.484 e. The van der Waals surface area contributed by atoms with Gasteiger partial charge in [-0.3, -0.25) is 9.59 Å². The summed E-state index contributed by atoms with van der Waals surface area (Å²) >= 11 is 0. The van der Waals surface area contributed by atoms with Crippen LogP contribution in [0.1, 0.15) is 0 Å². The molecule has 0 aromatic heterocycles. The van der Waals surface area contributed by atoms with Crippen LogP contribution in [0, 0.1) is 0 Å². The van der Waals surface area contributed by atoms with Crippen LogP contribution in [0.15, 0.2) is 30.3 Å². The lowest BCUT2D eigenvalue weighted by Gasteiger charge is -2.24. The van der Waals surface area contributed by atoms with Gasteiger partial charge in [0.25, 0.3) is 5.91 Å². The number of likely N-dealkylation sites (tertiary alicyclic amines) is 1. The number of rotatable bonds is 3. The lowest BCUT2D eigenvalue weighted by molar-refractivity contribution is -0.134. The zero-order chi connectivity index (χ0) is 13.9. The second-order valence-electron chi connectivity index (χ2n) is 4.92. The molecule has 0 bridgehead atoms. The Hall–Kier alpha value is -2.08. The third kappa shape index (κ3) is 2.75. The summed E-state index contributed by atoms with van der Waals surface area (Å²) in [6.45, 7) is 1.05. The quantitative estimate of drug-likeness (QED) is 0.829. The van der Waals surface area contributed by atoms with Crippen molar-refractivity contribution in [1.29, 1.82) is 0 Å². The summed E-state index contributed by atoms with van der Waals surface area (Å²) in [5.74, 6) is 0.448. The number of morpholine rings is 1. The van der Waals surface area contributed by atoms with Crippen molar-refractivity contribution < 1.29 is 19.1 Å². The largest absolute Gasteiger partial charge is 0.484 e. The first kappa shape index (κ1) is 12.9. The van der Waals surface area contributed by atoms with Gasteiger partial charge in [-0.1, -0.05) is 18.2 Å². The van der Waals surface area contributed by atoms with Crippen molar-refractivity contribution in [3.05, 3.63) is 30.3 Å². The molecule has 2 atom stereocenters. The van der Waals surface area contributed by atoms with Gasteiger partial charge in [0.05, 0.1) is 12.1 Å². The predicted molar refractivity (Wildman–Crippen MR) is 70.2 cm³/mol. The summed E-state index contributed by atoms with van der Waals surface area (Å²) in [5.41, 5.74) is 0. The van der Waals surface area contributed by atoms with E-state index in [2.05, 4.69) is 5.32 Å². The average molecular weight is 276 g/mol. The Morgan fingerprint density at radius 1 is 1.35 bits per heavy atom. The molecule has 20 heavy (non-hydrogen) atoms. The number of nitrogens with zero attached hydrogens (tertiary/aromatic N) is 1. The first-order chi connectivity index (χ1) is 9.72. The molecule has 2 saturated heterocycles. The Morgan fingerprint density at radius 3 is 2.95 bits per heavy atom. The molecule has 1 aromatic rings. The van der Waals surface area contributed by atoms with E-state index < -0.39 is 0 Å². The number of fused-ring (bicyclic) bond motifs is 1. The summed E-state index contributed by atoms with van der Waals surface area (Å²) in [7, 11) is 0. The lowest BCUT2D eigenvalue weighted by Crippen LogP contribution is -2.50. The number of hydrogen-bond donors (Lipinski definition) is 1. The Labute approximate surface area is 116 Å². The van der Waals surface area contributed by atoms with E-state index in [4.69, 9.17) is 9.47 Å². The topological polar surface area (TPSA) is 67.9 Å². The van der Waals surface area contributed by atoms with Gasteiger partial charge in [-0.15, -0.1) is 0 Å². The molecular formula is C14H16N2O4. The molecule has 1 aromatic carbocycles. The Kier molecular flexibility index (Phi) is 3.56. The number of nitrogens with one attached hydrogen (secondary N) is 1. The summed E-state index contributed by atoms with van der Waals surface area (Å²) in [4.78, 5) is 25.0. The number of hydrogen-bond acceptors (Lipinski definition) is 4. The van der Waals surface area contributed by atoms with Crippen molar-refractivity contribution in [1.82, 2.24) is 10.2 Å². The van der Waals surface area contributed by atoms with Crippen LogP contribution in [0.4, 0.5) is 0 Å². The minimum atomic E-state index is -0.124. The highest BCUT2D eigenvalue weighted by Crippen LogP contribution is 2.17. The van der Waals surface area contributed by atoms with Crippen molar-refractivity contribution in [2.45, 2.75) is 12.1 Å². The summed E-state index contributed by atoms with van der Waals surface area (Å²) in [5, 5.41) is 2.84. The summed E-state index contributed by atoms with van der Waals surface area (Å²) < 4.78 is 10.8. The zero-order valence-electron chi connectivity index (χ0n) is 11.0. The molecule has 0 saturated carbocycles.